The molecule has 1 N–H and O–H groups in total. The number of methoxy groups -OCH3 is 1. The number of ether oxygens (including phenoxy) is 1. The molecule has 1 heterocycles. The van der Waals surface area contributed by atoms with E-state index in [9.17, 15) is 9.59 Å². The maximum absolute atomic E-state index is 12.3. The highest BCUT2D eigenvalue weighted by molar-refractivity contribution is 5.94. The Balaban J connectivity index is 1.66. The molecule has 3 rings (SSSR count). The Hall–Kier alpha value is -3.15. The van der Waals surface area contributed by atoms with Crippen molar-refractivity contribution in [2.24, 2.45) is 0 Å². The van der Waals surface area contributed by atoms with Crippen molar-refractivity contribution in [1.29, 1.82) is 0 Å². The first kappa shape index (κ1) is 19.6. The van der Waals surface area contributed by atoms with E-state index >= 15 is 0 Å². The Kier molecular flexibility index (Phi) is 6.09. The number of amides is 1. The van der Waals surface area contributed by atoms with Gasteiger partial charge >= 0.3 is 0 Å². The van der Waals surface area contributed by atoms with Crippen LogP contribution in [0, 0.1) is 0 Å². The first-order valence-corrected chi connectivity index (χ1v) is 9.40. The van der Waals surface area contributed by atoms with Crippen molar-refractivity contribution in [2.45, 2.75) is 32.7 Å². The number of aromatic nitrogens is 2. The van der Waals surface area contributed by atoms with Crippen LogP contribution < -0.4 is 10.1 Å². The third-order valence-corrected chi connectivity index (χ3v) is 4.84. The zero-order valence-corrected chi connectivity index (χ0v) is 16.4. The molecule has 0 spiro atoms. The number of para-hydroxylation sites is 2. The summed E-state index contributed by atoms with van der Waals surface area (Å²) in [6, 6.07) is 14.6. The summed E-state index contributed by atoms with van der Waals surface area (Å²) in [7, 11) is 1.57. The lowest BCUT2D eigenvalue weighted by molar-refractivity contribution is -0.119. The molecule has 1 unspecified atom stereocenters. The third kappa shape index (κ3) is 4.22. The second kappa shape index (κ2) is 8.69. The minimum Gasteiger partial charge on any atom is -0.497 e. The van der Waals surface area contributed by atoms with E-state index in [2.05, 4.69) is 5.32 Å². The van der Waals surface area contributed by atoms with Crippen LogP contribution in [0.15, 0.2) is 48.5 Å². The summed E-state index contributed by atoms with van der Waals surface area (Å²) >= 11 is 0. The van der Waals surface area contributed by atoms with Gasteiger partial charge in [0.15, 0.2) is 5.78 Å². The number of ketones is 1. The van der Waals surface area contributed by atoms with E-state index in [1.807, 2.05) is 35.8 Å². The lowest BCUT2D eigenvalue weighted by atomic mass is 10.2. The molecule has 0 aliphatic rings. The molecule has 0 aliphatic heterocycles. The number of Topliss-reactive ketones (excluding diaryl/α,β-unsaturated/α-hetero) is 1. The number of benzene rings is 2. The highest BCUT2D eigenvalue weighted by atomic mass is 16.5. The van der Waals surface area contributed by atoms with Crippen LogP contribution in [0.1, 0.15) is 42.5 Å². The Morgan fingerprint density at radius 2 is 1.96 bits per heavy atom. The molecular weight excluding hydrogens is 354 g/mol. The van der Waals surface area contributed by atoms with Gasteiger partial charge in [0.25, 0.3) is 5.91 Å². The number of carbonyl (C=O) groups is 2. The number of rotatable bonds is 8. The smallest absolute Gasteiger partial charge is 0.251 e. The van der Waals surface area contributed by atoms with Crippen LogP contribution in [0.4, 0.5) is 0 Å². The highest BCUT2D eigenvalue weighted by Gasteiger charge is 2.18. The number of aryl methyl sites for hydroxylation is 1. The molecule has 0 bridgehead atoms. The molecule has 3 aromatic rings. The van der Waals surface area contributed by atoms with Gasteiger partial charge in [0.1, 0.15) is 11.6 Å². The lowest BCUT2D eigenvalue weighted by Gasteiger charge is -2.15. The largest absolute Gasteiger partial charge is 0.497 e. The minimum absolute atomic E-state index is 0.0933. The van der Waals surface area contributed by atoms with Crippen LogP contribution in [0.5, 0.6) is 5.75 Å². The zero-order chi connectivity index (χ0) is 20.1. The molecule has 1 aromatic heterocycles. The normalized spacial score (nSPS) is 12.0. The average Bonchev–Trinajstić information content (AvgIpc) is 3.08. The molecule has 0 radical (unpaired) electrons. The standard InChI is InChI=1S/C22H25N3O3/c1-15(16(2)26)25-20-11-5-4-10-19(20)24-21(25)12-7-13-23-22(27)17-8-6-9-18(14-17)28-3/h4-6,8-11,14-15H,7,12-13H2,1-3H3,(H,23,27). The average molecular weight is 379 g/mol. The predicted molar refractivity (Wildman–Crippen MR) is 109 cm³/mol. The fourth-order valence-corrected chi connectivity index (χ4v) is 3.20. The number of nitrogens with zero attached hydrogens (tertiary/aromatic N) is 2. The summed E-state index contributed by atoms with van der Waals surface area (Å²) in [4.78, 5) is 28.9. The van der Waals surface area contributed by atoms with Gasteiger partial charge < -0.3 is 14.6 Å². The van der Waals surface area contributed by atoms with E-state index in [0.717, 1.165) is 23.3 Å². The molecule has 6 heteroatoms. The first-order valence-electron chi connectivity index (χ1n) is 9.40. The van der Waals surface area contributed by atoms with Crippen molar-refractivity contribution in [1.82, 2.24) is 14.9 Å². The fraction of sp³-hybridized carbons (Fsp3) is 0.318. The molecule has 0 saturated heterocycles. The maximum atomic E-state index is 12.3. The fourth-order valence-electron chi connectivity index (χ4n) is 3.20. The van der Waals surface area contributed by atoms with Gasteiger partial charge in [-0.05, 0) is 50.6 Å². The SMILES string of the molecule is COc1cccc(C(=O)NCCCc2nc3ccccc3n2C(C)C(C)=O)c1. The van der Waals surface area contributed by atoms with Crippen LogP contribution in [-0.4, -0.2) is 34.9 Å². The van der Waals surface area contributed by atoms with Gasteiger partial charge in [-0.1, -0.05) is 18.2 Å². The molecule has 6 nitrogen and oxygen atoms in total. The van der Waals surface area contributed by atoms with Crippen molar-refractivity contribution < 1.29 is 14.3 Å². The Morgan fingerprint density at radius 1 is 1.18 bits per heavy atom. The Morgan fingerprint density at radius 3 is 2.71 bits per heavy atom. The van der Waals surface area contributed by atoms with E-state index < -0.39 is 0 Å². The van der Waals surface area contributed by atoms with Gasteiger partial charge in [0, 0.05) is 18.5 Å². The maximum Gasteiger partial charge on any atom is 0.251 e. The summed E-state index contributed by atoms with van der Waals surface area (Å²) in [6.07, 6.45) is 1.40. The second-order valence-electron chi connectivity index (χ2n) is 6.76. The molecule has 0 aliphatic carbocycles. The predicted octanol–water partition coefficient (Wildman–Crippen LogP) is 3.56. The molecule has 0 saturated carbocycles. The van der Waals surface area contributed by atoms with Crippen LogP contribution in [0.25, 0.3) is 11.0 Å². The van der Waals surface area contributed by atoms with Gasteiger partial charge in [-0.25, -0.2) is 4.98 Å². The van der Waals surface area contributed by atoms with E-state index in [1.54, 1.807) is 38.3 Å². The lowest BCUT2D eigenvalue weighted by Crippen LogP contribution is -2.25. The number of imidazole rings is 1. The Bertz CT molecular complexity index is 994. The van der Waals surface area contributed by atoms with Crippen molar-refractivity contribution >= 4 is 22.7 Å². The molecule has 0 fully saturated rings. The molecule has 1 amide bonds. The summed E-state index contributed by atoms with van der Waals surface area (Å²) in [5.74, 6) is 1.47. The van der Waals surface area contributed by atoms with Crippen molar-refractivity contribution in [3.63, 3.8) is 0 Å². The summed E-state index contributed by atoms with van der Waals surface area (Å²) < 4.78 is 7.16. The van der Waals surface area contributed by atoms with Crippen molar-refractivity contribution in [3.05, 3.63) is 59.9 Å². The zero-order valence-electron chi connectivity index (χ0n) is 16.4. The quantitative estimate of drug-likeness (QED) is 0.608. The van der Waals surface area contributed by atoms with E-state index in [0.29, 0.717) is 24.3 Å². The van der Waals surface area contributed by atoms with Crippen molar-refractivity contribution in [2.75, 3.05) is 13.7 Å². The number of nitrogens with one attached hydrogen (secondary N) is 1. The van der Waals surface area contributed by atoms with Gasteiger partial charge in [-0.15, -0.1) is 0 Å². The summed E-state index contributed by atoms with van der Waals surface area (Å²) in [5, 5.41) is 2.93. The number of carbonyl (C=O) groups excluding carboxylic acids is 2. The molecule has 2 aromatic carbocycles. The summed E-state index contributed by atoms with van der Waals surface area (Å²) in [6.45, 7) is 4.01. The molecular formula is C22H25N3O3. The number of hydrogen-bond donors (Lipinski definition) is 1. The van der Waals surface area contributed by atoms with Gasteiger partial charge in [-0.3, -0.25) is 9.59 Å². The van der Waals surface area contributed by atoms with E-state index in [4.69, 9.17) is 9.72 Å². The Labute approximate surface area is 164 Å². The first-order chi connectivity index (χ1) is 13.5. The third-order valence-electron chi connectivity index (χ3n) is 4.84. The summed E-state index contributed by atoms with van der Waals surface area (Å²) in [5.41, 5.74) is 2.41. The second-order valence-corrected chi connectivity index (χ2v) is 6.76. The van der Waals surface area contributed by atoms with Gasteiger partial charge in [-0.2, -0.15) is 0 Å². The van der Waals surface area contributed by atoms with Gasteiger partial charge in [0.2, 0.25) is 0 Å². The van der Waals surface area contributed by atoms with E-state index in [-0.39, 0.29) is 17.7 Å². The molecule has 146 valence electrons. The number of fused-ring (bicyclic) bond motifs is 1. The van der Waals surface area contributed by atoms with Gasteiger partial charge in [0.05, 0.1) is 24.2 Å². The topological polar surface area (TPSA) is 73.2 Å². The van der Waals surface area contributed by atoms with Crippen LogP contribution in [-0.2, 0) is 11.2 Å². The van der Waals surface area contributed by atoms with E-state index in [1.165, 1.54) is 0 Å². The van der Waals surface area contributed by atoms with Crippen LogP contribution >= 0.6 is 0 Å². The molecule has 28 heavy (non-hydrogen) atoms. The van der Waals surface area contributed by atoms with Crippen LogP contribution in [0.3, 0.4) is 0 Å². The minimum atomic E-state index is -0.270. The monoisotopic (exact) mass is 379 g/mol. The van der Waals surface area contributed by atoms with Crippen molar-refractivity contribution in [3.8, 4) is 5.75 Å². The molecule has 1 atom stereocenters. The highest BCUT2D eigenvalue weighted by Crippen LogP contribution is 2.22. The number of hydrogen-bond acceptors (Lipinski definition) is 4. The van der Waals surface area contributed by atoms with Crippen LogP contribution in [0.2, 0.25) is 0 Å².